The Hall–Kier alpha value is -1.27. The van der Waals surface area contributed by atoms with E-state index in [0.29, 0.717) is 16.3 Å². The first-order valence-electron chi connectivity index (χ1n) is 8.07. The molecule has 0 radical (unpaired) electrons. The highest BCUT2D eigenvalue weighted by molar-refractivity contribution is 7.91. The highest BCUT2D eigenvalue weighted by Crippen LogP contribution is 2.26. The van der Waals surface area contributed by atoms with Crippen LogP contribution in [0.2, 0.25) is 5.02 Å². The van der Waals surface area contributed by atoms with Gasteiger partial charge in [0.1, 0.15) is 11.5 Å². The zero-order chi connectivity index (χ0) is 17.9. The average Bonchev–Trinajstić information content (AvgIpc) is 2.46. The molecule has 2 atom stereocenters. The van der Waals surface area contributed by atoms with Gasteiger partial charge in [0.05, 0.1) is 12.9 Å². The molecule has 1 saturated heterocycles. The molecule has 134 valence electrons. The van der Waals surface area contributed by atoms with Crippen LogP contribution < -0.4 is 4.74 Å². The Kier molecular flexibility index (Phi) is 6.15. The van der Waals surface area contributed by atoms with Crippen LogP contribution in [-0.4, -0.2) is 44.2 Å². The number of carbonyl (C=O) groups is 1. The molecule has 0 N–H and O–H groups in total. The van der Waals surface area contributed by atoms with E-state index in [1.165, 1.54) is 7.11 Å². The monoisotopic (exact) mass is 373 g/mol. The maximum Gasteiger partial charge on any atom is 0.238 e. The number of carbonyl (C=O) groups excluding carboxylic acids is 1. The first-order valence-corrected chi connectivity index (χ1v) is 10.3. The molecule has 7 heteroatoms. The number of likely N-dealkylation sites (tertiary alicyclic amines) is 1. The van der Waals surface area contributed by atoms with Crippen molar-refractivity contribution in [3.05, 3.63) is 28.8 Å². The van der Waals surface area contributed by atoms with Gasteiger partial charge >= 0.3 is 0 Å². The van der Waals surface area contributed by atoms with Crippen LogP contribution in [0.15, 0.2) is 18.2 Å². The van der Waals surface area contributed by atoms with Gasteiger partial charge in [-0.1, -0.05) is 11.6 Å². The quantitative estimate of drug-likeness (QED) is 0.795. The third kappa shape index (κ3) is 4.63. The molecule has 1 aliphatic rings. The van der Waals surface area contributed by atoms with E-state index in [2.05, 4.69) is 0 Å². The lowest BCUT2D eigenvalue weighted by atomic mass is 9.98. The van der Waals surface area contributed by atoms with Gasteiger partial charge in [-0.15, -0.1) is 0 Å². The number of rotatable bonds is 5. The molecule has 1 amide bonds. The van der Waals surface area contributed by atoms with E-state index in [4.69, 9.17) is 16.3 Å². The number of ether oxygens (including phenoxy) is 1. The fourth-order valence-electron chi connectivity index (χ4n) is 3.32. The number of halogens is 1. The molecule has 1 aromatic carbocycles. The van der Waals surface area contributed by atoms with Crippen molar-refractivity contribution in [1.82, 2.24) is 4.90 Å². The summed E-state index contributed by atoms with van der Waals surface area (Å²) in [5, 5.41) is 0.436. The molecule has 1 aliphatic heterocycles. The van der Waals surface area contributed by atoms with Crippen molar-refractivity contribution in [2.75, 3.05) is 12.9 Å². The van der Waals surface area contributed by atoms with E-state index < -0.39 is 15.6 Å². The van der Waals surface area contributed by atoms with Crippen LogP contribution >= 0.6 is 11.6 Å². The fourth-order valence-corrected chi connectivity index (χ4v) is 4.84. The standard InChI is InChI=1S/C17H24ClNO4S/c1-12-5-4-6-13(2)19(12)17(20)11-24(21,22)10-14-9-15(18)7-8-16(14)23-3/h7-9,12-13H,4-6,10-11H2,1-3H3/t12-,13-/m0/s1. The second-order valence-electron chi connectivity index (χ2n) is 6.42. The van der Waals surface area contributed by atoms with Crippen LogP contribution in [0.25, 0.3) is 0 Å². The van der Waals surface area contributed by atoms with E-state index in [1.807, 2.05) is 13.8 Å². The fraction of sp³-hybridized carbons (Fsp3) is 0.588. The normalized spacial score (nSPS) is 21.6. The minimum Gasteiger partial charge on any atom is -0.496 e. The highest BCUT2D eigenvalue weighted by atomic mass is 35.5. The first-order chi connectivity index (χ1) is 11.2. The van der Waals surface area contributed by atoms with Crippen LogP contribution in [0.3, 0.4) is 0 Å². The number of hydrogen-bond acceptors (Lipinski definition) is 4. The van der Waals surface area contributed by atoms with Crippen molar-refractivity contribution in [2.24, 2.45) is 0 Å². The lowest BCUT2D eigenvalue weighted by molar-refractivity contribution is -0.134. The van der Waals surface area contributed by atoms with Gasteiger partial charge in [-0.05, 0) is 51.3 Å². The van der Waals surface area contributed by atoms with Gasteiger partial charge in [-0.2, -0.15) is 0 Å². The zero-order valence-electron chi connectivity index (χ0n) is 14.3. The summed E-state index contributed by atoms with van der Waals surface area (Å²) < 4.78 is 30.2. The maximum absolute atomic E-state index is 12.5. The van der Waals surface area contributed by atoms with Crippen molar-refractivity contribution >= 4 is 27.3 Å². The SMILES string of the molecule is COc1ccc(Cl)cc1CS(=O)(=O)CC(=O)N1[C@@H](C)CCC[C@@H]1C. The zero-order valence-corrected chi connectivity index (χ0v) is 15.9. The summed E-state index contributed by atoms with van der Waals surface area (Å²) in [6, 6.07) is 4.99. The van der Waals surface area contributed by atoms with Gasteiger partial charge in [0.2, 0.25) is 5.91 Å². The third-order valence-electron chi connectivity index (χ3n) is 4.44. The summed E-state index contributed by atoms with van der Waals surface area (Å²) in [7, 11) is -2.14. The Balaban J connectivity index is 2.14. The number of sulfone groups is 1. The van der Waals surface area contributed by atoms with Crippen molar-refractivity contribution < 1.29 is 17.9 Å². The molecule has 1 heterocycles. The maximum atomic E-state index is 12.5. The Morgan fingerprint density at radius 2 is 1.92 bits per heavy atom. The predicted molar refractivity (Wildman–Crippen MR) is 95.1 cm³/mol. The second kappa shape index (κ2) is 7.74. The Labute approximate surface area is 148 Å². The van der Waals surface area contributed by atoms with Crippen molar-refractivity contribution in [1.29, 1.82) is 0 Å². The van der Waals surface area contributed by atoms with E-state index >= 15 is 0 Å². The second-order valence-corrected chi connectivity index (χ2v) is 8.92. The number of amides is 1. The van der Waals surface area contributed by atoms with Crippen molar-refractivity contribution in [2.45, 2.75) is 50.9 Å². The minimum absolute atomic E-state index is 0.0807. The van der Waals surface area contributed by atoms with E-state index in [-0.39, 0.29) is 23.7 Å². The molecule has 5 nitrogen and oxygen atoms in total. The molecule has 0 spiro atoms. The van der Waals surface area contributed by atoms with Gasteiger partial charge in [0, 0.05) is 22.7 Å². The van der Waals surface area contributed by atoms with Crippen LogP contribution in [0, 0.1) is 0 Å². The first kappa shape index (κ1) is 19.1. The Bertz CT molecular complexity index is 695. The lowest BCUT2D eigenvalue weighted by Gasteiger charge is -2.39. The topological polar surface area (TPSA) is 63.7 Å². The summed E-state index contributed by atoms with van der Waals surface area (Å²) in [5.41, 5.74) is 0.470. The van der Waals surface area contributed by atoms with Crippen LogP contribution in [0.4, 0.5) is 0 Å². The van der Waals surface area contributed by atoms with Gasteiger partial charge in [-0.3, -0.25) is 4.79 Å². The summed E-state index contributed by atoms with van der Waals surface area (Å²) in [5.74, 6) is -0.623. The third-order valence-corrected chi connectivity index (χ3v) is 6.12. The number of benzene rings is 1. The van der Waals surface area contributed by atoms with E-state index in [0.717, 1.165) is 19.3 Å². The van der Waals surface area contributed by atoms with Crippen LogP contribution in [0.5, 0.6) is 5.75 Å². The van der Waals surface area contributed by atoms with Gasteiger partial charge in [0.15, 0.2) is 9.84 Å². The van der Waals surface area contributed by atoms with Crippen LogP contribution in [0.1, 0.15) is 38.7 Å². The smallest absolute Gasteiger partial charge is 0.238 e. The number of piperidine rings is 1. The summed E-state index contributed by atoms with van der Waals surface area (Å²) in [6.45, 7) is 3.94. The van der Waals surface area contributed by atoms with Gasteiger partial charge < -0.3 is 9.64 Å². The lowest BCUT2D eigenvalue weighted by Crippen LogP contribution is -2.49. The largest absolute Gasteiger partial charge is 0.496 e. The molecule has 0 aromatic heterocycles. The molecule has 1 fully saturated rings. The molecule has 0 unspecified atom stereocenters. The molecule has 0 aliphatic carbocycles. The summed E-state index contributed by atoms with van der Waals surface area (Å²) in [6.07, 6.45) is 2.90. The number of nitrogens with zero attached hydrogens (tertiary/aromatic N) is 1. The van der Waals surface area contributed by atoms with Crippen molar-refractivity contribution in [3.8, 4) is 5.75 Å². The van der Waals surface area contributed by atoms with E-state index in [9.17, 15) is 13.2 Å². The predicted octanol–water partition coefficient (Wildman–Crippen LogP) is 3.05. The van der Waals surface area contributed by atoms with Gasteiger partial charge in [0.25, 0.3) is 0 Å². The van der Waals surface area contributed by atoms with Crippen molar-refractivity contribution in [3.63, 3.8) is 0 Å². The molecular formula is C17H24ClNO4S. The van der Waals surface area contributed by atoms with Crippen LogP contribution in [-0.2, 0) is 20.4 Å². The molecule has 1 aromatic rings. The summed E-state index contributed by atoms with van der Waals surface area (Å²) >= 11 is 5.94. The molecule has 2 rings (SSSR count). The highest BCUT2D eigenvalue weighted by Gasteiger charge is 2.31. The average molecular weight is 374 g/mol. The molecule has 0 bridgehead atoms. The number of methoxy groups -OCH3 is 1. The number of hydrogen-bond donors (Lipinski definition) is 0. The molecule has 24 heavy (non-hydrogen) atoms. The molecular weight excluding hydrogens is 350 g/mol. The van der Waals surface area contributed by atoms with Gasteiger partial charge in [-0.25, -0.2) is 8.42 Å². The Morgan fingerprint density at radius 1 is 1.29 bits per heavy atom. The summed E-state index contributed by atoms with van der Waals surface area (Å²) in [4.78, 5) is 14.3. The minimum atomic E-state index is -3.61. The molecule has 0 saturated carbocycles. The Morgan fingerprint density at radius 3 is 2.50 bits per heavy atom. The van der Waals surface area contributed by atoms with E-state index in [1.54, 1.807) is 23.1 Å².